The summed E-state index contributed by atoms with van der Waals surface area (Å²) in [5.74, 6) is 1.75. The van der Waals surface area contributed by atoms with Crippen molar-refractivity contribution in [3.8, 4) is 0 Å². The predicted octanol–water partition coefficient (Wildman–Crippen LogP) is 1.99. The summed E-state index contributed by atoms with van der Waals surface area (Å²) in [4.78, 5) is 0. The van der Waals surface area contributed by atoms with Gasteiger partial charge in [0.2, 0.25) is 0 Å². The van der Waals surface area contributed by atoms with Gasteiger partial charge in [0.05, 0.1) is 0 Å². The molecule has 0 heterocycles. The Hall–Kier alpha value is 0.640. The Morgan fingerprint density at radius 3 is 1.67 bits per heavy atom. The van der Waals surface area contributed by atoms with E-state index in [1.54, 1.807) is 0 Å². The molecule has 0 saturated carbocycles. The van der Waals surface area contributed by atoms with Crippen LogP contribution in [0, 0.1) is 5.92 Å². The highest BCUT2D eigenvalue weighted by Crippen LogP contribution is 1.90. The van der Waals surface area contributed by atoms with Crippen LogP contribution in [0.2, 0.25) is 0 Å². The molecule has 0 aromatic heterocycles. The van der Waals surface area contributed by atoms with Crippen LogP contribution in [-0.2, 0) is 0 Å². The van der Waals surface area contributed by atoms with Crippen LogP contribution in [0.5, 0.6) is 0 Å². The van der Waals surface area contributed by atoms with Crippen LogP contribution in [-0.4, -0.2) is 5.75 Å². The maximum atomic E-state index is 4.02. The third-order valence-electron chi connectivity index (χ3n) is 0.365. The molecule has 0 saturated heterocycles. The Morgan fingerprint density at radius 1 is 1.50 bits per heavy atom. The lowest BCUT2D eigenvalue weighted by atomic mass is 10.3. The van der Waals surface area contributed by atoms with E-state index in [0.717, 1.165) is 11.7 Å². The normalized spacial score (nSPS) is 8.00. The van der Waals surface area contributed by atoms with Crippen molar-refractivity contribution in [1.29, 1.82) is 0 Å². The van der Waals surface area contributed by atoms with Crippen LogP contribution in [0.15, 0.2) is 0 Å². The third kappa shape index (κ3) is 8.82. The minimum Gasteiger partial charge on any atom is -0.179 e. The molecule has 0 fully saturated rings. The summed E-state index contributed by atoms with van der Waals surface area (Å²) in [7, 11) is 0. The van der Waals surface area contributed by atoms with Gasteiger partial charge in [-0.05, 0) is 11.7 Å². The molecule has 0 amide bonds. The average molecular weight is 127 g/mol. The standard InChI is InChI=1S/C4H10S.ClH/c1-4(2)3-5;/h4-5H,3H2,1-2H3;1H. The van der Waals surface area contributed by atoms with Crippen LogP contribution in [0.4, 0.5) is 0 Å². The molecule has 2 heteroatoms. The van der Waals surface area contributed by atoms with E-state index in [1.807, 2.05) is 0 Å². The molecule has 0 radical (unpaired) electrons. The quantitative estimate of drug-likeness (QED) is 0.511. The molecule has 0 aromatic rings. The fraction of sp³-hybridized carbons (Fsp3) is 1.00. The number of hydrogen-bond donors (Lipinski definition) is 1. The lowest BCUT2D eigenvalue weighted by molar-refractivity contribution is 0.753. The van der Waals surface area contributed by atoms with Gasteiger partial charge in [-0.2, -0.15) is 12.6 Å². The van der Waals surface area contributed by atoms with Crippen molar-refractivity contribution in [2.24, 2.45) is 5.92 Å². The zero-order chi connectivity index (χ0) is 4.28. The van der Waals surface area contributed by atoms with E-state index in [-0.39, 0.29) is 12.4 Å². The molecule has 0 aliphatic rings. The number of halogens is 1. The van der Waals surface area contributed by atoms with Crippen LogP contribution in [0.3, 0.4) is 0 Å². The van der Waals surface area contributed by atoms with E-state index < -0.39 is 0 Å². The monoisotopic (exact) mass is 126 g/mol. The van der Waals surface area contributed by atoms with Gasteiger partial charge in [0.25, 0.3) is 0 Å². The molecule has 0 aliphatic heterocycles. The zero-order valence-corrected chi connectivity index (χ0v) is 5.85. The third-order valence-corrected chi connectivity index (χ3v) is 1.10. The van der Waals surface area contributed by atoms with E-state index in [2.05, 4.69) is 26.5 Å². The van der Waals surface area contributed by atoms with Crippen molar-refractivity contribution >= 4 is 25.0 Å². The van der Waals surface area contributed by atoms with Crippen molar-refractivity contribution in [1.82, 2.24) is 0 Å². The van der Waals surface area contributed by atoms with Gasteiger partial charge < -0.3 is 0 Å². The first-order valence-electron chi connectivity index (χ1n) is 1.88. The van der Waals surface area contributed by atoms with E-state index in [1.165, 1.54) is 0 Å². The highest BCUT2D eigenvalue weighted by Gasteiger charge is 1.80. The van der Waals surface area contributed by atoms with Crippen LogP contribution < -0.4 is 0 Å². The fourth-order valence-electron chi connectivity index (χ4n) is 0. The summed E-state index contributed by atoms with van der Waals surface area (Å²) in [6.07, 6.45) is 0. The Labute approximate surface area is 51.1 Å². The van der Waals surface area contributed by atoms with Gasteiger partial charge in [0.15, 0.2) is 0 Å². The smallest absolute Gasteiger partial charge is 0.00748 e. The molecule has 6 heavy (non-hydrogen) atoms. The second-order valence-corrected chi connectivity index (χ2v) is 1.94. The molecular weight excluding hydrogens is 116 g/mol. The minimum atomic E-state index is 0. The fourth-order valence-corrected chi connectivity index (χ4v) is 0. The molecule has 0 atom stereocenters. The lowest BCUT2D eigenvalue weighted by Crippen LogP contribution is -1.83. The molecule has 0 bridgehead atoms. The molecular formula is C4H11ClS. The SMILES string of the molecule is CC(C)CS.Cl. The molecule has 0 nitrogen and oxygen atoms in total. The summed E-state index contributed by atoms with van der Waals surface area (Å²) in [5, 5.41) is 0. The zero-order valence-electron chi connectivity index (χ0n) is 4.14. The summed E-state index contributed by atoms with van der Waals surface area (Å²) < 4.78 is 0. The highest BCUT2D eigenvalue weighted by molar-refractivity contribution is 7.80. The van der Waals surface area contributed by atoms with Gasteiger partial charge in [-0.1, -0.05) is 13.8 Å². The number of rotatable bonds is 1. The second-order valence-electron chi connectivity index (χ2n) is 1.58. The maximum Gasteiger partial charge on any atom is -0.00748 e. The summed E-state index contributed by atoms with van der Waals surface area (Å²) in [5.41, 5.74) is 0. The van der Waals surface area contributed by atoms with E-state index in [4.69, 9.17) is 0 Å². The first kappa shape index (κ1) is 9.81. The van der Waals surface area contributed by atoms with Crippen molar-refractivity contribution < 1.29 is 0 Å². The average Bonchev–Trinajstić information content (AvgIpc) is 1.38. The Morgan fingerprint density at radius 2 is 1.67 bits per heavy atom. The highest BCUT2D eigenvalue weighted by atomic mass is 35.5. The topological polar surface area (TPSA) is 0 Å². The lowest BCUT2D eigenvalue weighted by Gasteiger charge is -1.89. The van der Waals surface area contributed by atoms with Crippen LogP contribution in [0.1, 0.15) is 13.8 Å². The van der Waals surface area contributed by atoms with Gasteiger partial charge in [0, 0.05) is 0 Å². The maximum absolute atomic E-state index is 4.02. The van der Waals surface area contributed by atoms with Gasteiger partial charge in [0.1, 0.15) is 0 Å². The molecule has 0 N–H and O–H groups in total. The molecule has 0 rings (SSSR count). The van der Waals surface area contributed by atoms with E-state index in [9.17, 15) is 0 Å². The van der Waals surface area contributed by atoms with Gasteiger partial charge in [-0.25, -0.2) is 0 Å². The van der Waals surface area contributed by atoms with Crippen molar-refractivity contribution in [2.75, 3.05) is 5.75 Å². The number of hydrogen-bond acceptors (Lipinski definition) is 1. The van der Waals surface area contributed by atoms with E-state index >= 15 is 0 Å². The van der Waals surface area contributed by atoms with Crippen LogP contribution in [0.25, 0.3) is 0 Å². The summed E-state index contributed by atoms with van der Waals surface area (Å²) in [6.45, 7) is 4.29. The van der Waals surface area contributed by atoms with E-state index in [0.29, 0.717) is 0 Å². The first-order valence-corrected chi connectivity index (χ1v) is 2.51. The van der Waals surface area contributed by atoms with Gasteiger partial charge in [-0.15, -0.1) is 12.4 Å². The molecule has 0 aliphatic carbocycles. The van der Waals surface area contributed by atoms with Crippen molar-refractivity contribution in [2.45, 2.75) is 13.8 Å². The summed E-state index contributed by atoms with van der Waals surface area (Å²) >= 11 is 4.02. The predicted molar refractivity (Wildman–Crippen MR) is 35.9 cm³/mol. The minimum absolute atomic E-state index is 0. The molecule has 40 valence electrons. The Kier molecular flexibility index (Phi) is 9.22. The summed E-state index contributed by atoms with van der Waals surface area (Å²) in [6, 6.07) is 0. The molecule has 0 spiro atoms. The first-order chi connectivity index (χ1) is 2.27. The molecule has 0 unspecified atom stereocenters. The van der Waals surface area contributed by atoms with Gasteiger partial charge in [-0.3, -0.25) is 0 Å². The Bertz CT molecular complexity index is 21.5. The molecule has 0 aromatic carbocycles. The van der Waals surface area contributed by atoms with Gasteiger partial charge >= 0.3 is 0 Å². The van der Waals surface area contributed by atoms with Crippen molar-refractivity contribution in [3.05, 3.63) is 0 Å². The second kappa shape index (κ2) is 5.64. The van der Waals surface area contributed by atoms with Crippen LogP contribution >= 0.6 is 25.0 Å². The largest absolute Gasteiger partial charge is 0.179 e. The Balaban J connectivity index is 0. The number of thiol groups is 1. The van der Waals surface area contributed by atoms with Crippen molar-refractivity contribution in [3.63, 3.8) is 0 Å².